The SMILES string of the molecule is CC/C=C\C/C=C\C/C=C\C/C=C\C/C=C\CCCC(=O)OCC(COC1OC(C(=O)O)C(O)C(O)C1OC(=O)CCCCCC/C=C\C/C=C\C/C=C\C/C=C\CC)OC(=O)C/C=C\C/C=C\C/C=C\C/C=C\C/C=C\CC. The van der Waals surface area contributed by atoms with Gasteiger partial charge in [-0.1, -0.05) is 204 Å². The monoisotopic (exact) mass is 1090 g/mol. The highest BCUT2D eigenvalue weighted by Gasteiger charge is 2.50. The minimum atomic E-state index is -1.94. The average molecular weight is 1100 g/mol. The Labute approximate surface area is 475 Å². The maximum atomic E-state index is 13.1. The molecule has 1 saturated heterocycles. The molecule has 0 aromatic heterocycles. The second-order valence-corrected chi connectivity index (χ2v) is 18.8. The number of allylic oxidation sites excluding steroid dienone is 27. The van der Waals surface area contributed by atoms with Crippen LogP contribution in [-0.2, 0) is 42.9 Å². The largest absolute Gasteiger partial charge is 0.479 e. The van der Waals surface area contributed by atoms with Crippen LogP contribution in [-0.4, -0.2) is 89.2 Å². The molecule has 0 radical (unpaired) electrons. The van der Waals surface area contributed by atoms with Gasteiger partial charge in [0, 0.05) is 12.8 Å². The van der Waals surface area contributed by atoms with E-state index in [9.17, 15) is 34.5 Å². The second-order valence-electron chi connectivity index (χ2n) is 18.8. The number of carboxylic acid groups (broad SMARTS) is 1. The number of unbranched alkanes of at least 4 members (excludes halogenated alkanes) is 5. The molecule has 1 aliphatic heterocycles. The molecule has 1 heterocycles. The summed E-state index contributed by atoms with van der Waals surface area (Å²) in [5, 5.41) is 31.5. The second kappa shape index (κ2) is 52.8. The van der Waals surface area contributed by atoms with E-state index in [1.54, 1.807) is 6.08 Å². The van der Waals surface area contributed by atoms with Crippen molar-refractivity contribution in [3.63, 3.8) is 0 Å². The summed E-state index contributed by atoms with van der Waals surface area (Å²) in [4.78, 5) is 51.1. The van der Waals surface area contributed by atoms with E-state index in [1.807, 2.05) is 30.4 Å². The van der Waals surface area contributed by atoms with Crippen LogP contribution in [0, 0.1) is 0 Å². The topological polar surface area (TPSA) is 175 Å². The number of carbonyl (C=O) groups excluding carboxylic acids is 3. The van der Waals surface area contributed by atoms with Crippen molar-refractivity contribution in [2.45, 2.75) is 212 Å². The number of aliphatic carboxylic acids is 1. The molecule has 12 heteroatoms. The van der Waals surface area contributed by atoms with Gasteiger partial charge in [0.1, 0.15) is 18.8 Å². The molecule has 0 aliphatic carbocycles. The van der Waals surface area contributed by atoms with E-state index in [0.717, 1.165) is 109 Å². The summed E-state index contributed by atoms with van der Waals surface area (Å²) in [6.45, 7) is 5.48. The predicted molar refractivity (Wildman–Crippen MR) is 321 cm³/mol. The fourth-order valence-electron chi connectivity index (χ4n) is 7.47. The van der Waals surface area contributed by atoms with Crippen molar-refractivity contribution in [2.75, 3.05) is 13.2 Å². The normalized spacial score (nSPS) is 19.1. The highest BCUT2D eigenvalue weighted by atomic mass is 16.7. The van der Waals surface area contributed by atoms with Crippen molar-refractivity contribution in [3.05, 3.63) is 170 Å². The molecule has 1 aliphatic rings. The zero-order chi connectivity index (χ0) is 57.5. The molecule has 3 N–H and O–H groups in total. The summed E-state index contributed by atoms with van der Waals surface area (Å²) in [6, 6.07) is 0. The molecule has 0 aromatic rings. The Morgan fingerprint density at radius 3 is 1.24 bits per heavy atom. The van der Waals surface area contributed by atoms with Crippen LogP contribution in [0.1, 0.15) is 175 Å². The summed E-state index contributed by atoms with van der Waals surface area (Å²) < 4.78 is 28.2. The van der Waals surface area contributed by atoms with E-state index in [1.165, 1.54) is 0 Å². The van der Waals surface area contributed by atoms with E-state index in [2.05, 4.69) is 154 Å². The third-order valence-electron chi connectivity index (χ3n) is 11.8. The number of hydrogen-bond donors (Lipinski definition) is 3. The van der Waals surface area contributed by atoms with Crippen LogP contribution in [0.4, 0.5) is 0 Å². The quantitative estimate of drug-likeness (QED) is 0.0228. The van der Waals surface area contributed by atoms with E-state index < -0.39 is 73.9 Å². The highest BCUT2D eigenvalue weighted by molar-refractivity contribution is 5.74. The first-order valence-electron chi connectivity index (χ1n) is 29.1. The fourth-order valence-corrected chi connectivity index (χ4v) is 7.47. The third kappa shape index (κ3) is 42.7. The van der Waals surface area contributed by atoms with Crippen molar-refractivity contribution in [1.29, 1.82) is 0 Å². The first kappa shape index (κ1) is 71.1. The van der Waals surface area contributed by atoms with Crippen molar-refractivity contribution in [1.82, 2.24) is 0 Å². The molecule has 0 aromatic carbocycles. The van der Waals surface area contributed by atoms with E-state index in [-0.39, 0.29) is 19.3 Å². The summed E-state index contributed by atoms with van der Waals surface area (Å²) in [7, 11) is 0. The molecule has 0 amide bonds. The van der Waals surface area contributed by atoms with E-state index in [0.29, 0.717) is 25.7 Å². The lowest BCUT2D eigenvalue weighted by molar-refractivity contribution is -0.301. The van der Waals surface area contributed by atoms with Gasteiger partial charge in [-0.05, 0) is 122 Å². The van der Waals surface area contributed by atoms with Crippen LogP contribution < -0.4 is 0 Å². The van der Waals surface area contributed by atoms with Crippen molar-refractivity contribution < 1.29 is 58.2 Å². The Morgan fingerprint density at radius 1 is 0.430 bits per heavy atom. The Kier molecular flexibility index (Phi) is 47.5. The first-order valence-corrected chi connectivity index (χ1v) is 29.1. The molecule has 0 spiro atoms. The number of hydrogen-bond acceptors (Lipinski definition) is 11. The number of esters is 3. The Hall–Kier alpha value is -5.92. The molecule has 12 nitrogen and oxygen atoms in total. The van der Waals surface area contributed by atoms with Gasteiger partial charge < -0.3 is 39.0 Å². The van der Waals surface area contributed by atoms with Gasteiger partial charge in [-0.25, -0.2) is 4.79 Å². The van der Waals surface area contributed by atoms with Crippen molar-refractivity contribution >= 4 is 23.9 Å². The van der Waals surface area contributed by atoms with E-state index in [4.69, 9.17) is 23.7 Å². The maximum absolute atomic E-state index is 13.1. The fraction of sp³-hybridized carbons (Fsp3) is 0.522. The molecule has 438 valence electrons. The standard InChI is InChI=1S/C67H98O12/c1-4-7-10-13-16-19-22-25-28-30-33-35-38-41-44-47-50-53-59(68)75-56-58(77-60(69)54-51-48-45-42-39-36-32-27-24-21-18-15-12-9-6-3)57-76-67-65(63(72)62(71)64(79-67)66(73)74)78-61(70)55-52-49-46-43-40-37-34-31-29-26-23-20-17-14-11-8-5-2/h7-12,16-21,25-29,32-35,37,39,41-42,44,48,51,58,62-65,67,71-72H,4-6,13-15,22-24,30-31,36,38,40,43,45-47,49-50,52-57H2,1-3H3,(H,73,74)/b10-7-,11-8-,12-9-,19-16-,20-17-,21-18-,28-25-,29-26-,32-27-,35-33-,37-34-,42-39-,44-41-,51-48-. The number of rotatable bonds is 46. The molecule has 1 rings (SSSR count). The van der Waals surface area contributed by atoms with Crippen molar-refractivity contribution in [3.8, 4) is 0 Å². The molecule has 79 heavy (non-hydrogen) atoms. The third-order valence-corrected chi connectivity index (χ3v) is 11.8. The minimum Gasteiger partial charge on any atom is -0.479 e. The lowest BCUT2D eigenvalue weighted by Gasteiger charge is -2.40. The van der Waals surface area contributed by atoms with Crippen LogP contribution in [0.25, 0.3) is 0 Å². The van der Waals surface area contributed by atoms with Crippen LogP contribution in [0.2, 0.25) is 0 Å². The Morgan fingerprint density at radius 2 is 0.810 bits per heavy atom. The molecule has 6 atom stereocenters. The summed E-state index contributed by atoms with van der Waals surface area (Å²) in [5.74, 6) is -3.44. The van der Waals surface area contributed by atoms with Gasteiger partial charge in [-0.15, -0.1) is 0 Å². The van der Waals surface area contributed by atoms with Gasteiger partial charge in [-0.3, -0.25) is 14.4 Å². The summed E-state index contributed by atoms with van der Waals surface area (Å²) in [6.07, 6.45) is 66.4. The zero-order valence-corrected chi connectivity index (χ0v) is 48.0. The number of carboxylic acids is 1. The summed E-state index contributed by atoms with van der Waals surface area (Å²) in [5.41, 5.74) is 0. The van der Waals surface area contributed by atoms with Crippen LogP contribution in [0.15, 0.2) is 170 Å². The molecule has 6 unspecified atom stereocenters. The van der Waals surface area contributed by atoms with Gasteiger partial charge in [0.25, 0.3) is 0 Å². The average Bonchev–Trinajstić information content (AvgIpc) is 3.47. The zero-order valence-electron chi connectivity index (χ0n) is 48.0. The number of aliphatic hydroxyl groups excluding tert-OH is 2. The predicted octanol–water partition coefficient (Wildman–Crippen LogP) is 15.1. The maximum Gasteiger partial charge on any atom is 0.335 e. The molecular weight excluding hydrogens is 997 g/mol. The molecule has 0 bridgehead atoms. The van der Waals surface area contributed by atoms with Gasteiger partial charge >= 0.3 is 23.9 Å². The molecule has 1 fully saturated rings. The molecule has 0 saturated carbocycles. The number of aliphatic hydroxyl groups is 2. The molecular formula is C67H98O12. The van der Waals surface area contributed by atoms with Crippen LogP contribution >= 0.6 is 0 Å². The first-order chi connectivity index (χ1) is 38.6. The number of carbonyl (C=O) groups is 4. The van der Waals surface area contributed by atoms with Gasteiger partial charge in [0.15, 0.2) is 24.6 Å². The Bertz CT molecular complexity index is 2020. The van der Waals surface area contributed by atoms with Crippen molar-refractivity contribution in [2.24, 2.45) is 0 Å². The minimum absolute atomic E-state index is 0.00539. The lowest BCUT2D eigenvalue weighted by atomic mass is 9.98. The van der Waals surface area contributed by atoms with E-state index >= 15 is 0 Å². The van der Waals surface area contributed by atoms with Gasteiger partial charge in [0.2, 0.25) is 0 Å². The Balaban J connectivity index is 2.82. The summed E-state index contributed by atoms with van der Waals surface area (Å²) >= 11 is 0. The highest BCUT2D eigenvalue weighted by Crippen LogP contribution is 2.26. The van der Waals surface area contributed by atoms with Gasteiger partial charge in [-0.2, -0.15) is 0 Å². The van der Waals surface area contributed by atoms with Gasteiger partial charge in [0.05, 0.1) is 13.0 Å². The van der Waals surface area contributed by atoms with Crippen LogP contribution in [0.3, 0.4) is 0 Å². The number of ether oxygens (including phenoxy) is 5. The smallest absolute Gasteiger partial charge is 0.335 e. The lowest BCUT2D eigenvalue weighted by Crippen LogP contribution is -2.61. The van der Waals surface area contributed by atoms with Crippen LogP contribution in [0.5, 0.6) is 0 Å².